The standard InChI is InChI=1S/C6H4ClF2NO/c7-2-1-3(8)6(11)4(9)5(2)10/h1,11H,10H2. The van der Waals surface area contributed by atoms with Crippen molar-refractivity contribution >= 4 is 17.3 Å². The molecule has 1 aromatic rings. The van der Waals surface area contributed by atoms with Crippen LogP contribution in [0.5, 0.6) is 5.75 Å². The predicted octanol–water partition coefficient (Wildman–Crippen LogP) is 1.91. The second kappa shape index (κ2) is 2.54. The Balaban J connectivity index is 3.46. The highest BCUT2D eigenvalue weighted by Gasteiger charge is 2.13. The van der Waals surface area contributed by atoms with E-state index in [0.717, 1.165) is 6.07 Å². The molecule has 0 saturated carbocycles. The van der Waals surface area contributed by atoms with Crippen LogP contribution in [0.15, 0.2) is 6.07 Å². The largest absolute Gasteiger partial charge is 0.503 e. The number of benzene rings is 1. The minimum atomic E-state index is -1.23. The summed E-state index contributed by atoms with van der Waals surface area (Å²) >= 11 is 5.28. The summed E-state index contributed by atoms with van der Waals surface area (Å²) in [6.07, 6.45) is 0. The van der Waals surface area contributed by atoms with Crippen LogP contribution in [-0.4, -0.2) is 5.11 Å². The van der Waals surface area contributed by atoms with Gasteiger partial charge in [-0.1, -0.05) is 11.6 Å². The minimum absolute atomic E-state index is 0.252. The van der Waals surface area contributed by atoms with Gasteiger partial charge in [0.05, 0.1) is 10.7 Å². The molecule has 0 unspecified atom stereocenters. The zero-order valence-corrected chi connectivity index (χ0v) is 5.99. The molecule has 1 rings (SSSR count). The summed E-state index contributed by atoms with van der Waals surface area (Å²) in [7, 11) is 0. The first-order chi connectivity index (χ1) is 5.04. The molecule has 0 fully saturated rings. The highest BCUT2D eigenvalue weighted by molar-refractivity contribution is 6.33. The average molecular weight is 180 g/mol. The molecule has 0 aromatic heterocycles. The Morgan fingerprint density at radius 2 is 2.00 bits per heavy atom. The van der Waals surface area contributed by atoms with Crippen LogP contribution < -0.4 is 5.73 Å². The Morgan fingerprint density at radius 1 is 1.45 bits per heavy atom. The summed E-state index contributed by atoms with van der Waals surface area (Å²) in [4.78, 5) is 0. The number of phenolic OH excluding ortho intramolecular Hbond substituents is 1. The van der Waals surface area contributed by atoms with Crippen LogP contribution in [0.1, 0.15) is 0 Å². The highest BCUT2D eigenvalue weighted by Crippen LogP contribution is 2.30. The topological polar surface area (TPSA) is 46.2 Å². The Kier molecular flexibility index (Phi) is 1.87. The molecule has 11 heavy (non-hydrogen) atoms. The molecule has 0 bridgehead atoms. The number of rotatable bonds is 0. The normalized spacial score (nSPS) is 10.1. The van der Waals surface area contributed by atoms with Gasteiger partial charge in [-0.25, -0.2) is 8.78 Å². The van der Waals surface area contributed by atoms with Gasteiger partial charge in [-0.15, -0.1) is 0 Å². The predicted molar refractivity (Wildman–Crippen MR) is 37.4 cm³/mol. The van der Waals surface area contributed by atoms with Gasteiger partial charge in [0, 0.05) is 0 Å². The van der Waals surface area contributed by atoms with Gasteiger partial charge >= 0.3 is 0 Å². The van der Waals surface area contributed by atoms with E-state index in [2.05, 4.69) is 0 Å². The van der Waals surface area contributed by atoms with E-state index in [0.29, 0.717) is 0 Å². The summed E-state index contributed by atoms with van der Waals surface area (Å²) in [5.74, 6) is -3.45. The summed E-state index contributed by atoms with van der Waals surface area (Å²) in [5, 5.41) is 8.37. The van der Waals surface area contributed by atoms with Gasteiger partial charge in [-0.3, -0.25) is 0 Å². The third-order valence-corrected chi connectivity index (χ3v) is 1.49. The van der Waals surface area contributed by atoms with E-state index in [9.17, 15) is 8.78 Å². The SMILES string of the molecule is Nc1c(Cl)cc(F)c(O)c1F. The number of phenols is 1. The third-order valence-electron chi connectivity index (χ3n) is 1.18. The van der Waals surface area contributed by atoms with Crippen molar-refractivity contribution in [2.75, 3.05) is 5.73 Å². The molecule has 0 aliphatic heterocycles. The molecule has 0 heterocycles. The first-order valence-electron chi connectivity index (χ1n) is 2.66. The minimum Gasteiger partial charge on any atom is -0.503 e. The maximum Gasteiger partial charge on any atom is 0.192 e. The lowest BCUT2D eigenvalue weighted by molar-refractivity contribution is 0.398. The number of aromatic hydroxyl groups is 1. The van der Waals surface area contributed by atoms with Crippen molar-refractivity contribution in [2.24, 2.45) is 0 Å². The van der Waals surface area contributed by atoms with Crippen LogP contribution in [0.25, 0.3) is 0 Å². The van der Waals surface area contributed by atoms with Crippen molar-refractivity contribution < 1.29 is 13.9 Å². The number of nitrogen functional groups attached to an aromatic ring is 1. The fourth-order valence-electron chi connectivity index (χ4n) is 0.595. The summed E-state index contributed by atoms with van der Waals surface area (Å²) in [5.41, 5.74) is 4.56. The van der Waals surface area contributed by atoms with Crippen molar-refractivity contribution in [1.82, 2.24) is 0 Å². The second-order valence-electron chi connectivity index (χ2n) is 1.92. The monoisotopic (exact) mass is 179 g/mol. The van der Waals surface area contributed by atoms with E-state index in [-0.39, 0.29) is 5.02 Å². The molecule has 0 amide bonds. The molecule has 1 aromatic carbocycles. The average Bonchev–Trinajstić information content (AvgIpc) is 1.97. The Hall–Kier alpha value is -1.03. The van der Waals surface area contributed by atoms with Crippen molar-refractivity contribution in [1.29, 1.82) is 0 Å². The molecule has 3 N–H and O–H groups in total. The van der Waals surface area contributed by atoms with Gasteiger partial charge in [0.1, 0.15) is 0 Å². The van der Waals surface area contributed by atoms with E-state index in [1.165, 1.54) is 0 Å². The van der Waals surface area contributed by atoms with Crippen LogP contribution in [0, 0.1) is 11.6 Å². The molecule has 0 saturated heterocycles. The lowest BCUT2D eigenvalue weighted by Crippen LogP contribution is -1.94. The van der Waals surface area contributed by atoms with Crippen LogP contribution in [0.4, 0.5) is 14.5 Å². The lowest BCUT2D eigenvalue weighted by atomic mass is 10.3. The number of anilines is 1. The molecule has 60 valence electrons. The van der Waals surface area contributed by atoms with Crippen LogP contribution in [-0.2, 0) is 0 Å². The van der Waals surface area contributed by atoms with Crippen molar-refractivity contribution in [3.8, 4) is 5.75 Å². The fourth-order valence-corrected chi connectivity index (χ4v) is 0.773. The number of hydrogen-bond acceptors (Lipinski definition) is 2. The van der Waals surface area contributed by atoms with E-state index >= 15 is 0 Å². The lowest BCUT2D eigenvalue weighted by Gasteiger charge is -2.01. The van der Waals surface area contributed by atoms with Crippen molar-refractivity contribution in [3.05, 3.63) is 22.7 Å². The first kappa shape index (κ1) is 8.07. The Bertz CT molecular complexity index is 277. The van der Waals surface area contributed by atoms with Crippen molar-refractivity contribution in [2.45, 2.75) is 0 Å². The Labute approximate surface area is 66.2 Å². The second-order valence-corrected chi connectivity index (χ2v) is 2.32. The first-order valence-corrected chi connectivity index (χ1v) is 3.03. The Morgan fingerprint density at radius 3 is 2.55 bits per heavy atom. The van der Waals surface area contributed by atoms with Gasteiger partial charge in [0.15, 0.2) is 17.4 Å². The van der Waals surface area contributed by atoms with Gasteiger partial charge in [0.25, 0.3) is 0 Å². The molecule has 2 nitrogen and oxygen atoms in total. The van der Waals surface area contributed by atoms with Crippen LogP contribution >= 0.6 is 11.6 Å². The maximum absolute atomic E-state index is 12.6. The fraction of sp³-hybridized carbons (Fsp3) is 0. The molecular formula is C6H4ClF2NO. The summed E-state index contributed by atoms with van der Waals surface area (Å²) < 4.78 is 24.9. The smallest absolute Gasteiger partial charge is 0.192 e. The number of hydrogen-bond donors (Lipinski definition) is 2. The van der Waals surface area contributed by atoms with Crippen LogP contribution in [0.2, 0.25) is 5.02 Å². The van der Waals surface area contributed by atoms with Crippen LogP contribution in [0.3, 0.4) is 0 Å². The quantitative estimate of drug-likeness (QED) is 0.598. The van der Waals surface area contributed by atoms with Gasteiger partial charge in [-0.2, -0.15) is 0 Å². The number of halogens is 3. The highest BCUT2D eigenvalue weighted by atomic mass is 35.5. The van der Waals surface area contributed by atoms with Gasteiger partial charge in [-0.05, 0) is 6.07 Å². The molecule has 0 radical (unpaired) electrons. The van der Waals surface area contributed by atoms with E-state index in [1.54, 1.807) is 0 Å². The molecule has 0 aliphatic rings. The third kappa shape index (κ3) is 1.21. The zero-order chi connectivity index (χ0) is 8.59. The summed E-state index contributed by atoms with van der Waals surface area (Å²) in [6, 6.07) is 0.745. The molecule has 0 atom stereocenters. The molecule has 0 spiro atoms. The van der Waals surface area contributed by atoms with Gasteiger partial charge in [0.2, 0.25) is 0 Å². The molecular weight excluding hydrogens is 176 g/mol. The van der Waals surface area contributed by atoms with Gasteiger partial charge < -0.3 is 10.8 Å². The van der Waals surface area contributed by atoms with E-state index < -0.39 is 23.1 Å². The molecule has 0 aliphatic carbocycles. The number of nitrogens with two attached hydrogens (primary N) is 1. The van der Waals surface area contributed by atoms with E-state index in [1.807, 2.05) is 0 Å². The molecule has 5 heteroatoms. The zero-order valence-electron chi connectivity index (χ0n) is 5.24. The summed E-state index contributed by atoms with van der Waals surface area (Å²) in [6.45, 7) is 0. The maximum atomic E-state index is 12.6. The van der Waals surface area contributed by atoms with Crippen molar-refractivity contribution in [3.63, 3.8) is 0 Å². The van der Waals surface area contributed by atoms with E-state index in [4.69, 9.17) is 22.4 Å².